The molecule has 20 heavy (non-hydrogen) atoms. The number of ether oxygens (including phenoxy) is 1. The van der Waals surface area contributed by atoms with Crippen LogP contribution in [0.25, 0.3) is 0 Å². The lowest BCUT2D eigenvalue weighted by Gasteiger charge is -2.37. The van der Waals surface area contributed by atoms with Crippen molar-refractivity contribution in [1.82, 2.24) is 4.48 Å². The molecule has 1 N–H and O–H groups in total. The van der Waals surface area contributed by atoms with E-state index in [-0.39, 0.29) is 5.78 Å². The SMILES string of the molecule is CC(=O)c1ccc([N+]2(C)CCOCC2)cc1.O=[N+]([O-])O. The first kappa shape index (κ1) is 16.1. The highest BCUT2D eigenvalue weighted by Crippen LogP contribution is 2.23. The molecular weight excluding hydrogens is 264 g/mol. The van der Waals surface area contributed by atoms with Gasteiger partial charge in [-0.15, -0.1) is 10.1 Å². The molecular formula is C13H19N2O5+. The van der Waals surface area contributed by atoms with E-state index in [1.165, 1.54) is 5.69 Å². The number of quaternary nitrogens is 1. The van der Waals surface area contributed by atoms with Crippen molar-refractivity contribution < 1.29 is 19.8 Å². The summed E-state index contributed by atoms with van der Waals surface area (Å²) < 4.78 is 6.28. The summed E-state index contributed by atoms with van der Waals surface area (Å²) in [7, 11) is 2.21. The lowest BCUT2D eigenvalue weighted by Crippen LogP contribution is -2.53. The zero-order valence-corrected chi connectivity index (χ0v) is 11.6. The number of carbonyl (C=O) groups excluding carboxylic acids is 1. The van der Waals surface area contributed by atoms with E-state index in [0.717, 1.165) is 36.3 Å². The molecule has 0 saturated carbocycles. The van der Waals surface area contributed by atoms with Crippen LogP contribution in [0.5, 0.6) is 0 Å². The maximum atomic E-state index is 11.2. The van der Waals surface area contributed by atoms with Gasteiger partial charge in [0, 0.05) is 5.56 Å². The minimum absolute atomic E-state index is 0.121. The van der Waals surface area contributed by atoms with Crippen LogP contribution in [0, 0.1) is 10.1 Å². The number of likely N-dealkylation sites (N-methyl/N-ethyl adjacent to an activating group) is 1. The summed E-state index contributed by atoms with van der Waals surface area (Å²) in [6.07, 6.45) is 0. The molecule has 1 heterocycles. The van der Waals surface area contributed by atoms with Crippen molar-refractivity contribution in [2.75, 3.05) is 33.4 Å². The third-order valence-electron chi connectivity index (χ3n) is 3.36. The number of rotatable bonds is 2. The lowest BCUT2D eigenvalue weighted by molar-refractivity contribution is -0.742. The van der Waals surface area contributed by atoms with Crippen molar-refractivity contribution in [2.45, 2.75) is 6.92 Å². The molecule has 0 amide bonds. The Morgan fingerprint density at radius 1 is 1.30 bits per heavy atom. The fourth-order valence-electron chi connectivity index (χ4n) is 2.06. The average Bonchev–Trinajstić information content (AvgIpc) is 2.39. The predicted octanol–water partition coefficient (Wildman–Crippen LogP) is 1.51. The van der Waals surface area contributed by atoms with Crippen LogP contribution < -0.4 is 4.48 Å². The molecule has 110 valence electrons. The van der Waals surface area contributed by atoms with E-state index in [9.17, 15) is 4.79 Å². The van der Waals surface area contributed by atoms with Gasteiger partial charge >= 0.3 is 0 Å². The van der Waals surface area contributed by atoms with Crippen molar-refractivity contribution in [3.63, 3.8) is 0 Å². The van der Waals surface area contributed by atoms with Crippen LogP contribution in [0.2, 0.25) is 0 Å². The fourth-order valence-corrected chi connectivity index (χ4v) is 2.06. The molecule has 1 aromatic rings. The Bertz CT molecular complexity index is 462. The second kappa shape index (κ2) is 6.97. The number of nitrogens with zero attached hydrogens (tertiary/aromatic N) is 2. The van der Waals surface area contributed by atoms with Gasteiger partial charge in [-0.25, -0.2) is 0 Å². The molecule has 1 saturated heterocycles. The van der Waals surface area contributed by atoms with Gasteiger partial charge in [0.1, 0.15) is 18.8 Å². The summed E-state index contributed by atoms with van der Waals surface area (Å²) in [6, 6.07) is 7.94. The molecule has 0 bridgehead atoms. The molecule has 7 nitrogen and oxygen atoms in total. The quantitative estimate of drug-likeness (QED) is 0.384. The maximum Gasteiger partial charge on any atom is 0.291 e. The van der Waals surface area contributed by atoms with Crippen LogP contribution in [0.15, 0.2) is 24.3 Å². The van der Waals surface area contributed by atoms with Crippen LogP contribution in [0.3, 0.4) is 0 Å². The van der Waals surface area contributed by atoms with Gasteiger partial charge in [-0.3, -0.25) is 9.28 Å². The first-order valence-corrected chi connectivity index (χ1v) is 6.22. The maximum absolute atomic E-state index is 11.2. The fraction of sp³-hybridized carbons (Fsp3) is 0.462. The minimum Gasteiger partial charge on any atom is -0.370 e. The third kappa shape index (κ3) is 4.60. The summed E-state index contributed by atoms with van der Waals surface area (Å²) in [5, 5.41) is 13.6. The van der Waals surface area contributed by atoms with Gasteiger partial charge in [-0.05, 0) is 31.2 Å². The molecule has 0 spiro atoms. The zero-order valence-electron chi connectivity index (χ0n) is 11.6. The molecule has 1 aliphatic heterocycles. The Kier molecular flexibility index (Phi) is 5.60. The third-order valence-corrected chi connectivity index (χ3v) is 3.36. The molecule has 0 aliphatic carbocycles. The standard InChI is InChI=1S/C13H18NO2.HNO3/c1-11(15)12-3-5-13(6-4-12)14(2)7-9-16-10-8-14;2-1(3)4/h3-6H,7-10H2,1-2H3;(H,2,3,4)/q+1;. The molecule has 1 fully saturated rings. The first-order valence-electron chi connectivity index (χ1n) is 6.22. The van der Waals surface area contributed by atoms with Crippen LogP contribution >= 0.6 is 0 Å². The Hall–Kier alpha value is -1.99. The summed E-state index contributed by atoms with van der Waals surface area (Å²) in [5.74, 6) is 0.121. The van der Waals surface area contributed by atoms with E-state index in [4.69, 9.17) is 20.1 Å². The van der Waals surface area contributed by atoms with Gasteiger partial charge < -0.3 is 9.94 Å². The molecule has 1 aliphatic rings. The number of carbonyl (C=O) groups is 1. The van der Waals surface area contributed by atoms with Crippen molar-refractivity contribution >= 4 is 11.5 Å². The van der Waals surface area contributed by atoms with Crippen molar-refractivity contribution in [3.05, 3.63) is 39.9 Å². The van der Waals surface area contributed by atoms with E-state index in [1.807, 2.05) is 12.1 Å². The van der Waals surface area contributed by atoms with Crippen LogP contribution in [0.4, 0.5) is 5.69 Å². The van der Waals surface area contributed by atoms with Gasteiger partial charge in [-0.1, -0.05) is 0 Å². The lowest BCUT2D eigenvalue weighted by atomic mass is 10.1. The van der Waals surface area contributed by atoms with Gasteiger partial charge in [0.15, 0.2) is 5.78 Å². The highest BCUT2D eigenvalue weighted by molar-refractivity contribution is 5.94. The van der Waals surface area contributed by atoms with Gasteiger partial charge in [0.25, 0.3) is 5.09 Å². The van der Waals surface area contributed by atoms with E-state index in [0.29, 0.717) is 0 Å². The van der Waals surface area contributed by atoms with Crippen LogP contribution in [-0.2, 0) is 4.74 Å². The summed E-state index contributed by atoms with van der Waals surface area (Å²) in [4.78, 5) is 19.5. The number of hydrogen-bond acceptors (Lipinski definition) is 4. The van der Waals surface area contributed by atoms with E-state index >= 15 is 0 Å². The Balaban J connectivity index is 0.000000444. The highest BCUT2D eigenvalue weighted by Gasteiger charge is 2.27. The number of Topliss-reactive ketones (excluding diaryl/α,β-unsaturated/α-hetero) is 1. The number of benzene rings is 1. The number of morpholine rings is 1. The normalized spacial score (nSPS) is 16.7. The van der Waals surface area contributed by atoms with Gasteiger partial charge in [0.2, 0.25) is 0 Å². The zero-order chi connectivity index (χ0) is 15.2. The second-order valence-electron chi connectivity index (χ2n) is 4.80. The Morgan fingerprint density at radius 2 is 1.75 bits per heavy atom. The second-order valence-corrected chi connectivity index (χ2v) is 4.80. The van der Waals surface area contributed by atoms with E-state index in [2.05, 4.69) is 19.2 Å². The summed E-state index contributed by atoms with van der Waals surface area (Å²) in [6.45, 7) is 5.22. The highest BCUT2D eigenvalue weighted by atomic mass is 16.9. The van der Waals surface area contributed by atoms with E-state index in [1.54, 1.807) is 6.92 Å². The summed E-state index contributed by atoms with van der Waals surface area (Å²) in [5.41, 5.74) is 2.04. The monoisotopic (exact) mass is 283 g/mol. The Morgan fingerprint density at radius 3 is 2.15 bits per heavy atom. The predicted molar refractivity (Wildman–Crippen MR) is 73.5 cm³/mol. The van der Waals surface area contributed by atoms with Crippen LogP contribution in [-0.4, -0.2) is 49.4 Å². The van der Waals surface area contributed by atoms with Gasteiger partial charge in [0.05, 0.1) is 20.3 Å². The number of ketones is 1. The smallest absolute Gasteiger partial charge is 0.291 e. The topological polar surface area (TPSA) is 89.7 Å². The molecule has 0 aromatic heterocycles. The van der Waals surface area contributed by atoms with E-state index < -0.39 is 5.09 Å². The largest absolute Gasteiger partial charge is 0.370 e. The first-order chi connectivity index (χ1) is 9.35. The molecule has 1 aromatic carbocycles. The Labute approximate surface area is 117 Å². The molecule has 0 atom stereocenters. The molecule has 0 radical (unpaired) electrons. The van der Waals surface area contributed by atoms with Crippen molar-refractivity contribution in [3.8, 4) is 0 Å². The molecule has 7 heteroatoms. The minimum atomic E-state index is -1.50. The van der Waals surface area contributed by atoms with Crippen molar-refractivity contribution in [2.24, 2.45) is 0 Å². The summed E-state index contributed by atoms with van der Waals surface area (Å²) >= 11 is 0. The van der Waals surface area contributed by atoms with Crippen LogP contribution in [0.1, 0.15) is 17.3 Å². The molecule has 2 rings (SSSR count). The van der Waals surface area contributed by atoms with Gasteiger partial charge in [-0.2, -0.15) is 0 Å². The van der Waals surface area contributed by atoms with Crippen molar-refractivity contribution in [1.29, 1.82) is 0 Å². The molecule has 0 unspecified atom stereocenters. The average molecular weight is 283 g/mol. The number of hydrogen-bond donors (Lipinski definition) is 1.